The van der Waals surface area contributed by atoms with Gasteiger partial charge in [0.1, 0.15) is 0 Å². The van der Waals surface area contributed by atoms with Gasteiger partial charge in [-0.1, -0.05) is 24.3 Å². The molecule has 0 radical (unpaired) electrons. The molecule has 2 aromatic rings. The molecule has 2 rings (SSSR count). The van der Waals surface area contributed by atoms with E-state index in [1.165, 1.54) is 0 Å². The quantitative estimate of drug-likeness (QED) is 0.422. The molecule has 0 amide bonds. The summed E-state index contributed by atoms with van der Waals surface area (Å²) in [6.45, 7) is 4.31. The van der Waals surface area contributed by atoms with Crippen LogP contribution < -0.4 is 11.5 Å². The van der Waals surface area contributed by atoms with Crippen molar-refractivity contribution >= 4 is 11.4 Å². The number of ether oxygens (including phenoxy) is 4. The van der Waals surface area contributed by atoms with E-state index in [0.29, 0.717) is 52.9 Å². The largest absolute Gasteiger partial charge is 0.399 e. The molecule has 0 heterocycles. The summed E-state index contributed by atoms with van der Waals surface area (Å²) >= 11 is 0. The number of nitrogen functional groups attached to an aromatic ring is 2. The molecule has 0 fully saturated rings. The maximum atomic E-state index is 5.71. The SMILES string of the molecule is Nc1cccc(COCCOCCOCCOCc2cccc(N)c2)c1. The van der Waals surface area contributed by atoms with Gasteiger partial charge in [0, 0.05) is 11.4 Å². The monoisotopic (exact) mass is 360 g/mol. The molecule has 0 aliphatic heterocycles. The van der Waals surface area contributed by atoms with Gasteiger partial charge in [0.05, 0.1) is 52.9 Å². The van der Waals surface area contributed by atoms with Crippen molar-refractivity contribution in [3.63, 3.8) is 0 Å². The average molecular weight is 360 g/mol. The van der Waals surface area contributed by atoms with Gasteiger partial charge in [0.25, 0.3) is 0 Å². The maximum Gasteiger partial charge on any atom is 0.0718 e. The summed E-state index contributed by atoms with van der Waals surface area (Å²) in [7, 11) is 0. The van der Waals surface area contributed by atoms with Crippen molar-refractivity contribution in [2.75, 3.05) is 51.1 Å². The molecule has 0 bridgehead atoms. The van der Waals surface area contributed by atoms with Gasteiger partial charge in [-0.2, -0.15) is 0 Å². The fraction of sp³-hybridized carbons (Fsp3) is 0.400. The predicted molar refractivity (Wildman–Crippen MR) is 103 cm³/mol. The number of benzene rings is 2. The predicted octanol–water partition coefficient (Wildman–Crippen LogP) is 2.62. The fourth-order valence-corrected chi connectivity index (χ4v) is 2.30. The summed E-state index contributed by atoms with van der Waals surface area (Å²) in [4.78, 5) is 0. The molecule has 142 valence electrons. The fourth-order valence-electron chi connectivity index (χ4n) is 2.30. The first-order valence-electron chi connectivity index (χ1n) is 8.74. The van der Waals surface area contributed by atoms with E-state index in [2.05, 4.69) is 0 Å². The minimum atomic E-state index is 0.537. The third kappa shape index (κ3) is 8.82. The lowest BCUT2D eigenvalue weighted by atomic mass is 10.2. The van der Waals surface area contributed by atoms with Gasteiger partial charge in [0.15, 0.2) is 0 Å². The molecule has 0 unspecified atom stereocenters. The van der Waals surface area contributed by atoms with Crippen molar-refractivity contribution in [3.05, 3.63) is 59.7 Å². The lowest BCUT2D eigenvalue weighted by Crippen LogP contribution is -2.11. The van der Waals surface area contributed by atoms with Crippen molar-refractivity contribution < 1.29 is 18.9 Å². The second kappa shape index (κ2) is 12.3. The molecule has 0 saturated carbocycles. The molecule has 0 saturated heterocycles. The Morgan fingerprint density at radius 1 is 0.538 bits per heavy atom. The van der Waals surface area contributed by atoms with Crippen LogP contribution in [-0.2, 0) is 32.2 Å². The standard InChI is InChI=1S/C20H28N2O4/c21-19-5-1-3-17(13-19)15-25-11-9-23-7-8-24-10-12-26-16-18-4-2-6-20(22)14-18/h1-6,13-14H,7-12,15-16,21-22H2. The summed E-state index contributed by atoms with van der Waals surface area (Å²) in [5.74, 6) is 0. The second-order valence-electron chi connectivity index (χ2n) is 5.82. The smallest absolute Gasteiger partial charge is 0.0718 e. The van der Waals surface area contributed by atoms with E-state index < -0.39 is 0 Å². The van der Waals surface area contributed by atoms with E-state index in [9.17, 15) is 0 Å². The van der Waals surface area contributed by atoms with Crippen LogP contribution in [0.15, 0.2) is 48.5 Å². The van der Waals surface area contributed by atoms with Crippen LogP contribution in [-0.4, -0.2) is 39.6 Å². The topological polar surface area (TPSA) is 89.0 Å². The van der Waals surface area contributed by atoms with Crippen molar-refractivity contribution in [2.45, 2.75) is 13.2 Å². The molecular weight excluding hydrogens is 332 g/mol. The maximum absolute atomic E-state index is 5.71. The summed E-state index contributed by atoms with van der Waals surface area (Å²) in [6, 6.07) is 15.3. The number of anilines is 2. The zero-order valence-corrected chi connectivity index (χ0v) is 15.1. The zero-order valence-electron chi connectivity index (χ0n) is 15.1. The molecule has 0 atom stereocenters. The van der Waals surface area contributed by atoms with Crippen LogP contribution >= 0.6 is 0 Å². The molecular formula is C20H28N2O4. The summed E-state index contributed by atoms with van der Waals surface area (Å²) in [5.41, 5.74) is 15.0. The van der Waals surface area contributed by atoms with Gasteiger partial charge in [0.2, 0.25) is 0 Å². The summed E-state index contributed by atoms with van der Waals surface area (Å²) < 4.78 is 22.0. The Kier molecular flexibility index (Phi) is 9.53. The molecule has 6 heteroatoms. The first kappa shape index (κ1) is 20.2. The van der Waals surface area contributed by atoms with Gasteiger partial charge >= 0.3 is 0 Å². The summed E-state index contributed by atoms with van der Waals surface area (Å²) in [6.07, 6.45) is 0. The van der Waals surface area contributed by atoms with Crippen LogP contribution in [0.4, 0.5) is 11.4 Å². The van der Waals surface area contributed by atoms with Gasteiger partial charge in [-0.25, -0.2) is 0 Å². The zero-order chi connectivity index (χ0) is 18.5. The number of rotatable bonds is 13. The van der Waals surface area contributed by atoms with E-state index in [1.54, 1.807) is 0 Å². The van der Waals surface area contributed by atoms with E-state index in [-0.39, 0.29) is 0 Å². The van der Waals surface area contributed by atoms with Crippen molar-refractivity contribution in [2.24, 2.45) is 0 Å². The van der Waals surface area contributed by atoms with Crippen molar-refractivity contribution in [1.29, 1.82) is 0 Å². The Bertz CT molecular complexity index is 581. The van der Waals surface area contributed by atoms with Gasteiger partial charge < -0.3 is 30.4 Å². The minimum Gasteiger partial charge on any atom is -0.399 e. The van der Waals surface area contributed by atoms with Crippen LogP contribution in [0.1, 0.15) is 11.1 Å². The normalized spacial score (nSPS) is 10.9. The Morgan fingerprint density at radius 2 is 0.923 bits per heavy atom. The van der Waals surface area contributed by atoms with E-state index in [0.717, 1.165) is 22.5 Å². The van der Waals surface area contributed by atoms with Crippen molar-refractivity contribution in [1.82, 2.24) is 0 Å². The molecule has 4 N–H and O–H groups in total. The Morgan fingerprint density at radius 3 is 1.31 bits per heavy atom. The minimum absolute atomic E-state index is 0.537. The molecule has 0 spiro atoms. The van der Waals surface area contributed by atoms with E-state index >= 15 is 0 Å². The highest BCUT2D eigenvalue weighted by atomic mass is 16.6. The average Bonchev–Trinajstić information content (AvgIpc) is 2.63. The molecule has 2 aromatic carbocycles. The van der Waals surface area contributed by atoms with Crippen LogP contribution in [0.2, 0.25) is 0 Å². The molecule has 0 aliphatic carbocycles. The lowest BCUT2D eigenvalue weighted by Gasteiger charge is -2.08. The molecule has 0 aliphatic rings. The first-order valence-corrected chi connectivity index (χ1v) is 8.74. The molecule has 0 aromatic heterocycles. The van der Waals surface area contributed by atoms with Gasteiger partial charge in [-0.05, 0) is 35.4 Å². The van der Waals surface area contributed by atoms with Crippen LogP contribution in [0.25, 0.3) is 0 Å². The van der Waals surface area contributed by atoms with Gasteiger partial charge in [-0.3, -0.25) is 0 Å². The van der Waals surface area contributed by atoms with Crippen molar-refractivity contribution in [3.8, 4) is 0 Å². The number of nitrogens with two attached hydrogens (primary N) is 2. The highest BCUT2D eigenvalue weighted by Crippen LogP contribution is 2.08. The third-order valence-electron chi connectivity index (χ3n) is 3.56. The van der Waals surface area contributed by atoms with Crippen LogP contribution in [0.5, 0.6) is 0 Å². The second-order valence-corrected chi connectivity index (χ2v) is 5.82. The van der Waals surface area contributed by atoms with E-state index in [1.807, 2.05) is 48.5 Å². The van der Waals surface area contributed by atoms with Crippen LogP contribution in [0, 0.1) is 0 Å². The van der Waals surface area contributed by atoms with Crippen LogP contribution in [0.3, 0.4) is 0 Å². The Balaban J connectivity index is 1.36. The molecule has 6 nitrogen and oxygen atoms in total. The third-order valence-corrected chi connectivity index (χ3v) is 3.56. The highest BCUT2D eigenvalue weighted by molar-refractivity contribution is 5.40. The van der Waals surface area contributed by atoms with E-state index in [4.69, 9.17) is 30.4 Å². The Hall–Kier alpha value is -2.12. The Labute approximate surface area is 155 Å². The number of hydrogen-bond donors (Lipinski definition) is 2. The summed E-state index contributed by atoms with van der Waals surface area (Å²) in [5, 5.41) is 0. The number of hydrogen-bond acceptors (Lipinski definition) is 6. The highest BCUT2D eigenvalue weighted by Gasteiger charge is 1.96. The van der Waals surface area contributed by atoms with Gasteiger partial charge in [-0.15, -0.1) is 0 Å². The molecule has 26 heavy (non-hydrogen) atoms. The first-order chi connectivity index (χ1) is 12.7. The lowest BCUT2D eigenvalue weighted by molar-refractivity contribution is -0.00618.